The van der Waals surface area contributed by atoms with E-state index in [1.165, 1.54) is 12.3 Å². The second kappa shape index (κ2) is 8.56. The highest BCUT2D eigenvalue weighted by atomic mass is 19.3. The molecule has 0 radical (unpaired) electrons. The average molecular weight is 381 g/mol. The molecule has 1 aliphatic rings. The van der Waals surface area contributed by atoms with Gasteiger partial charge < -0.3 is 24.8 Å². The van der Waals surface area contributed by atoms with Crippen LogP contribution in [0.15, 0.2) is 12.3 Å². The highest BCUT2D eigenvalue weighted by molar-refractivity contribution is 5.57. The van der Waals surface area contributed by atoms with E-state index in [1.807, 2.05) is 13.0 Å². The number of aromatic amines is 1. The van der Waals surface area contributed by atoms with Crippen LogP contribution in [-0.4, -0.2) is 58.7 Å². The molecule has 0 amide bonds. The summed E-state index contributed by atoms with van der Waals surface area (Å²) in [4.78, 5) is 8.33. The van der Waals surface area contributed by atoms with Crippen molar-refractivity contribution in [1.82, 2.24) is 20.2 Å². The zero-order valence-electron chi connectivity index (χ0n) is 14.3. The van der Waals surface area contributed by atoms with E-state index >= 15 is 0 Å². The molecule has 2 aromatic rings. The first-order chi connectivity index (χ1) is 13.0. The van der Waals surface area contributed by atoms with Crippen LogP contribution >= 0.6 is 0 Å². The third kappa shape index (κ3) is 4.99. The number of rotatable bonds is 7. The molecule has 1 aliphatic heterocycles. The van der Waals surface area contributed by atoms with Gasteiger partial charge in [-0.05, 0) is 6.92 Å². The molecule has 0 spiro atoms. The predicted octanol–water partition coefficient (Wildman–Crippen LogP) is 1.63. The fraction of sp³-hybridized carbons (Fsp3) is 0.467. The minimum Gasteiger partial charge on any atom is -0.417 e. The third-order valence-electron chi connectivity index (χ3n) is 3.67. The largest absolute Gasteiger partial charge is 0.417 e. The van der Waals surface area contributed by atoms with Gasteiger partial charge in [0.25, 0.3) is 0 Å². The standard InChI is InChI=1S/C15H17F2N7O3/c1-8(10-7-25-2-3-26-10)20-14-9(5-18)19-6-12(22-14)21-11-4-13(24-23-11)27-15(16)17/h4,6,8,10,15H,2-3,7H2,1H3,(H3,20,21,22,23,24)/t8-,10+/m1/s1. The van der Waals surface area contributed by atoms with Crippen LogP contribution in [0.25, 0.3) is 0 Å². The van der Waals surface area contributed by atoms with Crippen LogP contribution < -0.4 is 15.4 Å². The monoisotopic (exact) mass is 381 g/mol. The molecule has 2 aromatic heterocycles. The van der Waals surface area contributed by atoms with Crippen molar-refractivity contribution in [3.05, 3.63) is 18.0 Å². The van der Waals surface area contributed by atoms with Gasteiger partial charge in [-0.1, -0.05) is 0 Å². The van der Waals surface area contributed by atoms with Crippen LogP contribution in [0.4, 0.5) is 26.2 Å². The summed E-state index contributed by atoms with van der Waals surface area (Å²) >= 11 is 0. The highest BCUT2D eigenvalue weighted by Crippen LogP contribution is 2.21. The van der Waals surface area contributed by atoms with Gasteiger partial charge >= 0.3 is 6.61 Å². The van der Waals surface area contributed by atoms with Gasteiger partial charge in [-0.3, -0.25) is 0 Å². The van der Waals surface area contributed by atoms with Crippen LogP contribution in [0, 0.1) is 11.3 Å². The Balaban J connectivity index is 1.71. The number of hydrogen-bond donors (Lipinski definition) is 3. The number of nitrogens with one attached hydrogen (secondary N) is 3. The number of aromatic nitrogens is 4. The maximum atomic E-state index is 12.2. The molecule has 10 nitrogen and oxygen atoms in total. The Hall–Kier alpha value is -3.04. The molecule has 0 bridgehead atoms. The minimum absolute atomic E-state index is 0.105. The predicted molar refractivity (Wildman–Crippen MR) is 88.9 cm³/mol. The lowest BCUT2D eigenvalue weighted by Gasteiger charge is -2.29. The molecular weight excluding hydrogens is 364 g/mol. The third-order valence-corrected chi connectivity index (χ3v) is 3.67. The van der Waals surface area contributed by atoms with Crippen molar-refractivity contribution < 1.29 is 23.0 Å². The van der Waals surface area contributed by atoms with E-state index in [0.29, 0.717) is 19.8 Å². The van der Waals surface area contributed by atoms with E-state index < -0.39 is 6.61 Å². The molecule has 144 valence electrons. The molecule has 0 unspecified atom stereocenters. The molecule has 0 aromatic carbocycles. The smallest absolute Gasteiger partial charge is 0.388 e. The van der Waals surface area contributed by atoms with Gasteiger partial charge in [0.15, 0.2) is 23.1 Å². The lowest BCUT2D eigenvalue weighted by Crippen LogP contribution is -2.41. The molecule has 3 N–H and O–H groups in total. The highest BCUT2D eigenvalue weighted by Gasteiger charge is 2.23. The first-order valence-corrected chi connectivity index (χ1v) is 8.05. The van der Waals surface area contributed by atoms with E-state index in [-0.39, 0.29) is 41.2 Å². The maximum Gasteiger partial charge on any atom is 0.388 e. The Labute approximate surface area is 152 Å². The summed E-state index contributed by atoms with van der Waals surface area (Å²) in [6.07, 6.45) is 1.14. The molecule has 0 aliphatic carbocycles. The van der Waals surface area contributed by atoms with E-state index in [2.05, 4.69) is 35.5 Å². The fourth-order valence-corrected chi connectivity index (χ4v) is 2.39. The summed E-state index contributed by atoms with van der Waals surface area (Å²) in [5.74, 6) is 0.520. The maximum absolute atomic E-state index is 12.2. The number of alkyl halides is 2. The summed E-state index contributed by atoms with van der Waals surface area (Å²) in [5, 5.41) is 21.2. The van der Waals surface area contributed by atoms with Crippen molar-refractivity contribution in [2.24, 2.45) is 0 Å². The van der Waals surface area contributed by atoms with Gasteiger partial charge in [-0.15, -0.1) is 0 Å². The van der Waals surface area contributed by atoms with Crippen LogP contribution in [0.5, 0.6) is 5.88 Å². The second-order valence-corrected chi connectivity index (χ2v) is 5.60. The van der Waals surface area contributed by atoms with E-state index in [1.54, 1.807) is 0 Å². The quantitative estimate of drug-likeness (QED) is 0.655. The van der Waals surface area contributed by atoms with Crippen molar-refractivity contribution in [2.75, 3.05) is 30.5 Å². The van der Waals surface area contributed by atoms with Gasteiger partial charge in [-0.2, -0.15) is 19.1 Å². The topological polar surface area (TPSA) is 130 Å². The minimum atomic E-state index is -2.96. The van der Waals surface area contributed by atoms with Gasteiger partial charge in [0, 0.05) is 6.07 Å². The lowest BCUT2D eigenvalue weighted by molar-refractivity contribution is -0.0925. The van der Waals surface area contributed by atoms with Crippen molar-refractivity contribution in [2.45, 2.75) is 25.7 Å². The van der Waals surface area contributed by atoms with Crippen molar-refractivity contribution in [1.29, 1.82) is 5.26 Å². The number of anilines is 3. The van der Waals surface area contributed by atoms with E-state index in [4.69, 9.17) is 9.47 Å². The molecule has 1 fully saturated rings. The Morgan fingerprint density at radius 2 is 2.26 bits per heavy atom. The van der Waals surface area contributed by atoms with E-state index in [0.717, 1.165) is 0 Å². The van der Waals surface area contributed by atoms with Crippen LogP contribution in [0.1, 0.15) is 12.6 Å². The summed E-state index contributed by atoms with van der Waals surface area (Å²) < 4.78 is 39.6. The Morgan fingerprint density at radius 1 is 1.41 bits per heavy atom. The number of H-pyrrole nitrogens is 1. The molecule has 0 saturated carbocycles. The first kappa shape index (κ1) is 18.7. The van der Waals surface area contributed by atoms with Crippen LogP contribution in [0.3, 0.4) is 0 Å². The van der Waals surface area contributed by atoms with Crippen molar-refractivity contribution >= 4 is 17.5 Å². The SMILES string of the molecule is C[C@@H](Nc1nc(Nc2cc(OC(F)F)[nH]n2)cnc1C#N)[C@@H]1COCCO1. The van der Waals surface area contributed by atoms with Gasteiger partial charge in [0.1, 0.15) is 12.2 Å². The average Bonchev–Trinajstić information content (AvgIpc) is 3.08. The molecule has 2 atom stereocenters. The number of halogens is 2. The Kier molecular flexibility index (Phi) is 5.94. The second-order valence-electron chi connectivity index (χ2n) is 5.60. The van der Waals surface area contributed by atoms with Crippen molar-refractivity contribution in [3.8, 4) is 11.9 Å². The fourth-order valence-electron chi connectivity index (χ4n) is 2.39. The summed E-state index contributed by atoms with van der Waals surface area (Å²) in [6, 6.07) is 3.02. The Bertz CT molecular complexity index is 805. The zero-order chi connectivity index (χ0) is 19.2. The Morgan fingerprint density at radius 3 is 2.96 bits per heavy atom. The van der Waals surface area contributed by atoms with Gasteiger partial charge in [0.2, 0.25) is 5.88 Å². The van der Waals surface area contributed by atoms with Gasteiger partial charge in [-0.25, -0.2) is 15.1 Å². The van der Waals surface area contributed by atoms with E-state index in [9.17, 15) is 14.0 Å². The zero-order valence-corrected chi connectivity index (χ0v) is 14.3. The number of nitrogens with zero attached hydrogens (tertiary/aromatic N) is 4. The molecule has 1 saturated heterocycles. The summed E-state index contributed by atoms with van der Waals surface area (Å²) in [6.45, 7) is 0.395. The summed E-state index contributed by atoms with van der Waals surface area (Å²) in [5.41, 5.74) is 0.105. The van der Waals surface area contributed by atoms with Crippen LogP contribution in [0.2, 0.25) is 0 Å². The molecule has 12 heteroatoms. The normalized spacial score (nSPS) is 18.0. The lowest BCUT2D eigenvalue weighted by atomic mass is 10.2. The molecule has 3 rings (SSSR count). The molecule has 3 heterocycles. The van der Waals surface area contributed by atoms with Crippen LogP contribution in [-0.2, 0) is 9.47 Å². The number of ether oxygens (including phenoxy) is 3. The van der Waals surface area contributed by atoms with Gasteiger partial charge in [0.05, 0.1) is 32.1 Å². The number of hydrogen-bond acceptors (Lipinski definition) is 9. The summed E-state index contributed by atoms with van der Waals surface area (Å²) in [7, 11) is 0. The number of nitriles is 1. The molecule has 27 heavy (non-hydrogen) atoms. The first-order valence-electron chi connectivity index (χ1n) is 8.05. The van der Waals surface area contributed by atoms with Crippen molar-refractivity contribution in [3.63, 3.8) is 0 Å². The molecular formula is C15H17F2N7O3.